The number of hydrogen-bond donors (Lipinski definition) is 0. The quantitative estimate of drug-likeness (QED) is 0.250. The van der Waals surface area contributed by atoms with E-state index in [0.29, 0.717) is 28.2 Å². The number of rotatable bonds is 6. The molecule has 0 aromatic heterocycles. The van der Waals surface area contributed by atoms with E-state index in [4.69, 9.17) is 14.2 Å². The summed E-state index contributed by atoms with van der Waals surface area (Å²) in [5.74, 6) is -0.110. The molecule has 0 N–H and O–H groups in total. The lowest BCUT2D eigenvalue weighted by Crippen LogP contribution is -2.18. The first kappa shape index (κ1) is 21.1. The first-order valence-corrected chi connectivity index (χ1v) is 9.95. The van der Waals surface area contributed by atoms with Crippen molar-refractivity contribution in [1.82, 2.24) is 0 Å². The Morgan fingerprint density at radius 2 is 1.50 bits per heavy atom. The molecule has 0 atom stereocenters. The van der Waals surface area contributed by atoms with Crippen molar-refractivity contribution in [1.29, 1.82) is 0 Å². The highest BCUT2D eigenvalue weighted by molar-refractivity contribution is 6.41. The van der Waals surface area contributed by atoms with Crippen LogP contribution in [-0.2, 0) is 4.79 Å². The summed E-state index contributed by atoms with van der Waals surface area (Å²) in [6.45, 7) is 1.62. The van der Waals surface area contributed by atoms with Crippen LogP contribution in [0.15, 0.2) is 72.3 Å². The summed E-state index contributed by atoms with van der Waals surface area (Å²) in [6.07, 6.45) is 1.51. The van der Waals surface area contributed by atoms with Gasteiger partial charge in [0.05, 0.1) is 12.7 Å². The van der Waals surface area contributed by atoms with Crippen LogP contribution in [0.5, 0.6) is 17.2 Å². The Balaban J connectivity index is 1.49. The van der Waals surface area contributed by atoms with E-state index in [2.05, 4.69) is 0 Å². The molecule has 0 heterocycles. The predicted molar refractivity (Wildman–Crippen MR) is 118 cm³/mol. The molecule has 0 unspecified atom stereocenters. The average Bonchev–Trinajstić information content (AvgIpc) is 3.04. The van der Waals surface area contributed by atoms with Gasteiger partial charge in [0.1, 0.15) is 5.75 Å². The number of fused-ring (bicyclic) bond motifs is 1. The molecule has 1 aliphatic carbocycles. The third kappa shape index (κ3) is 4.16. The summed E-state index contributed by atoms with van der Waals surface area (Å²) < 4.78 is 16.2. The molecule has 160 valence electrons. The monoisotopic (exact) mass is 428 g/mol. The Hall–Kier alpha value is -4.19. The Morgan fingerprint density at radius 3 is 2.16 bits per heavy atom. The molecule has 6 heteroatoms. The fourth-order valence-electron chi connectivity index (χ4n) is 3.44. The van der Waals surface area contributed by atoms with E-state index in [1.54, 1.807) is 48.5 Å². The Morgan fingerprint density at radius 1 is 0.844 bits per heavy atom. The Labute approximate surface area is 185 Å². The van der Waals surface area contributed by atoms with Crippen molar-refractivity contribution >= 4 is 23.6 Å². The molecule has 4 rings (SSSR count). The molecule has 0 amide bonds. The Kier molecular flexibility index (Phi) is 5.85. The lowest BCUT2D eigenvalue weighted by Gasteiger charge is -2.11. The fourth-order valence-corrected chi connectivity index (χ4v) is 3.44. The molecule has 3 aromatic rings. The second-order valence-electron chi connectivity index (χ2n) is 7.20. The number of allylic oxidation sites excluding steroid dienone is 1. The largest absolute Gasteiger partial charge is 0.493 e. The number of carbonyl (C=O) groups is 3. The van der Waals surface area contributed by atoms with E-state index in [0.717, 1.165) is 5.56 Å². The van der Waals surface area contributed by atoms with Crippen LogP contribution >= 0.6 is 0 Å². The molecular weight excluding hydrogens is 408 g/mol. The number of Topliss-reactive ketones (excluding diaryl/α,β-unsaturated/α-hetero) is 2. The van der Waals surface area contributed by atoms with Gasteiger partial charge >= 0.3 is 5.97 Å². The second-order valence-corrected chi connectivity index (χ2v) is 7.20. The van der Waals surface area contributed by atoms with Crippen LogP contribution in [0, 0.1) is 6.92 Å². The molecule has 1 aliphatic rings. The molecule has 6 nitrogen and oxygen atoms in total. The van der Waals surface area contributed by atoms with Crippen LogP contribution in [0.4, 0.5) is 0 Å². The van der Waals surface area contributed by atoms with Gasteiger partial charge in [-0.3, -0.25) is 9.59 Å². The number of esters is 1. The topological polar surface area (TPSA) is 78.9 Å². The van der Waals surface area contributed by atoms with Gasteiger partial charge < -0.3 is 14.2 Å². The molecule has 3 aromatic carbocycles. The van der Waals surface area contributed by atoms with Crippen LogP contribution in [0.2, 0.25) is 0 Å². The molecular formula is C26H20O6. The minimum atomic E-state index is -0.589. The van der Waals surface area contributed by atoms with Crippen molar-refractivity contribution in [2.45, 2.75) is 6.92 Å². The van der Waals surface area contributed by atoms with E-state index in [9.17, 15) is 14.4 Å². The molecule has 0 bridgehead atoms. The minimum Gasteiger partial charge on any atom is -0.493 e. The minimum absolute atomic E-state index is 0.0876. The molecule has 0 spiro atoms. The Bertz CT molecular complexity index is 1220. The highest BCUT2D eigenvalue weighted by Crippen LogP contribution is 2.32. The van der Waals surface area contributed by atoms with E-state index in [-0.39, 0.29) is 29.5 Å². The molecule has 0 radical (unpaired) electrons. The summed E-state index contributed by atoms with van der Waals surface area (Å²) in [6, 6.07) is 18.9. The number of para-hydroxylation sites is 1. The van der Waals surface area contributed by atoms with Crippen molar-refractivity contribution in [3.05, 3.63) is 94.6 Å². The maximum Gasteiger partial charge on any atom is 0.349 e. The third-order valence-electron chi connectivity index (χ3n) is 5.07. The standard InChI is InChI=1S/C26H20O6/c1-16-7-3-6-10-21(16)31-15-24(27)32-22-12-11-17(14-23(22)30-2)13-20-25(28)18-8-4-5-9-19(18)26(20)29/h3-14H,15H2,1-2H3. The van der Waals surface area contributed by atoms with E-state index >= 15 is 0 Å². The van der Waals surface area contributed by atoms with E-state index < -0.39 is 5.97 Å². The number of ketones is 2. The molecule has 32 heavy (non-hydrogen) atoms. The third-order valence-corrected chi connectivity index (χ3v) is 5.07. The van der Waals surface area contributed by atoms with Gasteiger partial charge in [0.15, 0.2) is 29.7 Å². The molecule has 0 aliphatic heterocycles. The van der Waals surface area contributed by atoms with E-state index in [1.807, 2.05) is 25.1 Å². The van der Waals surface area contributed by atoms with Crippen molar-refractivity contribution in [2.75, 3.05) is 13.7 Å². The zero-order valence-corrected chi connectivity index (χ0v) is 17.6. The van der Waals surface area contributed by atoms with Gasteiger partial charge in [-0.1, -0.05) is 48.5 Å². The summed E-state index contributed by atoms with van der Waals surface area (Å²) in [5.41, 5.74) is 2.37. The summed E-state index contributed by atoms with van der Waals surface area (Å²) >= 11 is 0. The number of aryl methyl sites for hydroxylation is 1. The van der Waals surface area contributed by atoms with Crippen LogP contribution in [0.1, 0.15) is 31.8 Å². The summed E-state index contributed by atoms with van der Waals surface area (Å²) in [5, 5.41) is 0. The van der Waals surface area contributed by atoms with Gasteiger partial charge in [-0.25, -0.2) is 4.79 Å². The van der Waals surface area contributed by atoms with Crippen molar-refractivity contribution in [3.63, 3.8) is 0 Å². The second kappa shape index (κ2) is 8.89. The number of benzene rings is 3. The normalized spacial score (nSPS) is 12.4. The van der Waals surface area contributed by atoms with Crippen LogP contribution < -0.4 is 14.2 Å². The molecule has 0 saturated heterocycles. The maximum atomic E-state index is 12.6. The first-order valence-electron chi connectivity index (χ1n) is 9.95. The van der Waals surface area contributed by atoms with Crippen LogP contribution in [0.3, 0.4) is 0 Å². The number of ether oxygens (including phenoxy) is 3. The maximum absolute atomic E-state index is 12.6. The SMILES string of the molecule is COc1cc(C=C2C(=O)c3ccccc3C2=O)ccc1OC(=O)COc1ccccc1C. The zero-order valence-electron chi connectivity index (χ0n) is 17.6. The smallest absolute Gasteiger partial charge is 0.349 e. The van der Waals surface area contributed by atoms with Crippen molar-refractivity contribution in [2.24, 2.45) is 0 Å². The van der Waals surface area contributed by atoms with E-state index in [1.165, 1.54) is 13.2 Å². The number of methoxy groups -OCH3 is 1. The fraction of sp³-hybridized carbons (Fsp3) is 0.115. The van der Waals surface area contributed by atoms with Gasteiger partial charge in [0.2, 0.25) is 0 Å². The predicted octanol–water partition coefficient (Wildman–Crippen LogP) is 4.45. The highest BCUT2D eigenvalue weighted by atomic mass is 16.6. The summed E-state index contributed by atoms with van der Waals surface area (Å²) in [7, 11) is 1.44. The van der Waals surface area contributed by atoms with Gasteiger partial charge in [0.25, 0.3) is 0 Å². The highest BCUT2D eigenvalue weighted by Gasteiger charge is 2.32. The average molecular weight is 428 g/mol. The van der Waals surface area contributed by atoms with Crippen LogP contribution in [-0.4, -0.2) is 31.3 Å². The van der Waals surface area contributed by atoms with Gasteiger partial charge in [-0.15, -0.1) is 0 Å². The van der Waals surface area contributed by atoms with Gasteiger partial charge in [-0.05, 0) is 42.3 Å². The zero-order chi connectivity index (χ0) is 22.7. The lowest BCUT2D eigenvalue weighted by atomic mass is 10.1. The molecule has 0 fully saturated rings. The van der Waals surface area contributed by atoms with Gasteiger partial charge in [0, 0.05) is 11.1 Å². The van der Waals surface area contributed by atoms with Crippen LogP contribution in [0.25, 0.3) is 6.08 Å². The van der Waals surface area contributed by atoms with Gasteiger partial charge in [-0.2, -0.15) is 0 Å². The number of carbonyl (C=O) groups excluding carboxylic acids is 3. The van der Waals surface area contributed by atoms with Crippen molar-refractivity contribution in [3.8, 4) is 17.2 Å². The lowest BCUT2D eigenvalue weighted by molar-refractivity contribution is -0.136. The molecule has 0 saturated carbocycles. The first-order chi connectivity index (χ1) is 15.5. The summed E-state index contributed by atoms with van der Waals surface area (Å²) in [4.78, 5) is 37.4. The number of hydrogen-bond acceptors (Lipinski definition) is 6. The van der Waals surface area contributed by atoms with Crippen molar-refractivity contribution < 1.29 is 28.6 Å².